The number of ether oxygens (including phenoxy) is 1. The van der Waals surface area contributed by atoms with Crippen LogP contribution in [0.25, 0.3) is 10.9 Å². The zero-order valence-corrected chi connectivity index (χ0v) is 14.8. The number of halogens is 2. The maximum absolute atomic E-state index is 6.44. The Bertz CT molecular complexity index is 884. The first-order valence-electron chi connectivity index (χ1n) is 8.13. The maximum Gasteiger partial charge on any atom is 0.120 e. The van der Waals surface area contributed by atoms with Crippen LogP contribution in [0.15, 0.2) is 36.4 Å². The zero-order chi connectivity index (χ0) is 16.7. The highest BCUT2D eigenvalue weighted by Gasteiger charge is 2.28. The summed E-state index contributed by atoms with van der Waals surface area (Å²) in [5.74, 6) is 0.901. The van der Waals surface area contributed by atoms with E-state index in [9.17, 15) is 0 Å². The van der Waals surface area contributed by atoms with Crippen LogP contribution in [0.4, 0.5) is 0 Å². The molecule has 0 bridgehead atoms. The Hall–Kier alpha value is -1.68. The highest BCUT2D eigenvalue weighted by molar-refractivity contribution is 6.36. The molecule has 1 aromatic heterocycles. The number of fused-ring (bicyclic) bond motifs is 3. The summed E-state index contributed by atoms with van der Waals surface area (Å²) in [5.41, 5.74) is 4.49. The van der Waals surface area contributed by atoms with Gasteiger partial charge in [-0.05, 0) is 49.2 Å². The summed E-state index contributed by atoms with van der Waals surface area (Å²) in [4.78, 5) is 3.55. The van der Waals surface area contributed by atoms with Crippen LogP contribution in [0.1, 0.15) is 29.8 Å². The van der Waals surface area contributed by atoms with Crippen molar-refractivity contribution < 1.29 is 4.74 Å². The number of nitrogens with one attached hydrogen (secondary N) is 2. The molecule has 0 aliphatic carbocycles. The number of aromatic amines is 1. The van der Waals surface area contributed by atoms with Gasteiger partial charge in [-0.25, -0.2) is 0 Å². The summed E-state index contributed by atoms with van der Waals surface area (Å²) >= 11 is 12.9. The van der Waals surface area contributed by atoms with Gasteiger partial charge in [-0.1, -0.05) is 29.3 Å². The highest BCUT2D eigenvalue weighted by atomic mass is 35.5. The molecule has 4 rings (SSSR count). The van der Waals surface area contributed by atoms with E-state index in [4.69, 9.17) is 27.9 Å². The molecular formula is C19H18Cl2N2O. The van der Waals surface area contributed by atoms with Gasteiger partial charge in [0.15, 0.2) is 0 Å². The van der Waals surface area contributed by atoms with Gasteiger partial charge in [0.05, 0.1) is 12.6 Å². The third-order valence-corrected chi connectivity index (χ3v) is 5.18. The molecular weight excluding hydrogens is 343 g/mol. The van der Waals surface area contributed by atoms with E-state index in [1.165, 1.54) is 10.9 Å². The monoisotopic (exact) mass is 360 g/mol. The molecule has 3 aromatic rings. The molecule has 2 heterocycles. The number of hydrogen-bond acceptors (Lipinski definition) is 2. The highest BCUT2D eigenvalue weighted by Crippen LogP contribution is 2.39. The average Bonchev–Trinajstić information content (AvgIpc) is 2.94. The quantitative estimate of drug-likeness (QED) is 0.680. The Morgan fingerprint density at radius 1 is 1.17 bits per heavy atom. The molecule has 3 nitrogen and oxygen atoms in total. The minimum absolute atomic E-state index is 0.0297. The molecule has 5 heteroatoms. The Kier molecular flexibility index (Phi) is 4.17. The largest absolute Gasteiger partial charge is 0.494 e. The Morgan fingerprint density at radius 3 is 2.71 bits per heavy atom. The molecule has 0 amide bonds. The lowest BCUT2D eigenvalue weighted by molar-refractivity contribution is 0.340. The molecule has 0 saturated heterocycles. The number of rotatable bonds is 3. The molecule has 0 saturated carbocycles. The summed E-state index contributed by atoms with van der Waals surface area (Å²) in [6, 6.07) is 11.8. The van der Waals surface area contributed by atoms with E-state index in [1.54, 1.807) is 0 Å². The zero-order valence-electron chi connectivity index (χ0n) is 13.3. The van der Waals surface area contributed by atoms with Gasteiger partial charge in [0, 0.05) is 38.8 Å². The van der Waals surface area contributed by atoms with Crippen LogP contribution < -0.4 is 10.1 Å². The van der Waals surface area contributed by atoms with Crippen molar-refractivity contribution in [3.63, 3.8) is 0 Å². The summed E-state index contributed by atoms with van der Waals surface area (Å²) in [6.07, 6.45) is 0.962. The van der Waals surface area contributed by atoms with E-state index in [2.05, 4.69) is 22.4 Å². The molecule has 2 aromatic carbocycles. The van der Waals surface area contributed by atoms with Crippen molar-refractivity contribution in [3.8, 4) is 5.75 Å². The molecule has 0 fully saturated rings. The third kappa shape index (κ3) is 2.57. The fraction of sp³-hybridized carbons (Fsp3) is 0.263. The fourth-order valence-corrected chi connectivity index (χ4v) is 4.11. The molecule has 0 spiro atoms. The first-order chi connectivity index (χ1) is 11.7. The second kappa shape index (κ2) is 6.32. The molecule has 24 heavy (non-hydrogen) atoms. The molecule has 2 N–H and O–H groups in total. The van der Waals surface area contributed by atoms with Crippen LogP contribution in [-0.4, -0.2) is 18.1 Å². The number of H-pyrrole nitrogens is 1. The van der Waals surface area contributed by atoms with E-state index in [0.717, 1.165) is 35.5 Å². The summed E-state index contributed by atoms with van der Waals surface area (Å²) in [6.45, 7) is 3.54. The van der Waals surface area contributed by atoms with Crippen LogP contribution in [-0.2, 0) is 6.42 Å². The van der Waals surface area contributed by atoms with Crippen LogP contribution in [0.2, 0.25) is 10.0 Å². The minimum Gasteiger partial charge on any atom is -0.494 e. The summed E-state index contributed by atoms with van der Waals surface area (Å²) < 4.78 is 5.65. The van der Waals surface area contributed by atoms with E-state index in [1.807, 2.05) is 31.2 Å². The summed E-state index contributed by atoms with van der Waals surface area (Å²) in [5, 5.41) is 6.12. The SMILES string of the molecule is CCOc1ccc2[nH]c3c(c2c1)CCNC3c1c(Cl)cccc1Cl. The van der Waals surface area contributed by atoms with Gasteiger partial charge in [-0.2, -0.15) is 0 Å². The fourth-order valence-electron chi connectivity index (χ4n) is 3.50. The predicted octanol–water partition coefficient (Wildman–Crippen LogP) is 5.11. The van der Waals surface area contributed by atoms with Crippen LogP contribution >= 0.6 is 23.2 Å². The first-order valence-corrected chi connectivity index (χ1v) is 8.89. The lowest BCUT2D eigenvalue weighted by Gasteiger charge is -2.26. The second-order valence-electron chi connectivity index (χ2n) is 5.93. The molecule has 1 atom stereocenters. The van der Waals surface area contributed by atoms with E-state index in [0.29, 0.717) is 16.7 Å². The van der Waals surface area contributed by atoms with Crippen molar-refractivity contribution in [3.05, 3.63) is 63.3 Å². The Balaban J connectivity index is 1.87. The molecule has 1 aliphatic heterocycles. The van der Waals surface area contributed by atoms with Crippen LogP contribution in [0.5, 0.6) is 5.75 Å². The lowest BCUT2D eigenvalue weighted by atomic mass is 9.94. The normalized spacial score (nSPS) is 17.0. The third-order valence-electron chi connectivity index (χ3n) is 4.52. The van der Waals surface area contributed by atoms with Crippen molar-refractivity contribution >= 4 is 34.1 Å². The second-order valence-corrected chi connectivity index (χ2v) is 6.74. The van der Waals surface area contributed by atoms with E-state index < -0.39 is 0 Å². The van der Waals surface area contributed by atoms with Crippen molar-refractivity contribution in [1.82, 2.24) is 10.3 Å². The van der Waals surface area contributed by atoms with E-state index >= 15 is 0 Å². The van der Waals surface area contributed by atoms with Gasteiger partial charge in [-0.3, -0.25) is 0 Å². The van der Waals surface area contributed by atoms with Crippen LogP contribution in [0, 0.1) is 0 Å². The molecule has 124 valence electrons. The van der Waals surface area contributed by atoms with Gasteiger partial charge in [0.25, 0.3) is 0 Å². The van der Waals surface area contributed by atoms with Gasteiger partial charge in [0.2, 0.25) is 0 Å². The average molecular weight is 361 g/mol. The van der Waals surface area contributed by atoms with Gasteiger partial charge < -0.3 is 15.0 Å². The molecule has 0 radical (unpaired) electrons. The van der Waals surface area contributed by atoms with E-state index in [-0.39, 0.29) is 6.04 Å². The Labute approximate surface area is 150 Å². The minimum atomic E-state index is -0.0297. The molecule has 1 unspecified atom stereocenters. The van der Waals surface area contributed by atoms with Gasteiger partial charge in [0.1, 0.15) is 5.75 Å². The van der Waals surface area contributed by atoms with Crippen molar-refractivity contribution in [2.75, 3.05) is 13.2 Å². The number of benzene rings is 2. The Morgan fingerprint density at radius 2 is 1.96 bits per heavy atom. The van der Waals surface area contributed by atoms with Crippen LogP contribution in [0.3, 0.4) is 0 Å². The molecule has 1 aliphatic rings. The maximum atomic E-state index is 6.44. The summed E-state index contributed by atoms with van der Waals surface area (Å²) in [7, 11) is 0. The van der Waals surface area contributed by atoms with Crippen molar-refractivity contribution in [2.24, 2.45) is 0 Å². The predicted molar refractivity (Wildman–Crippen MR) is 99.5 cm³/mol. The standard InChI is InChI=1S/C19H18Cl2N2O/c1-2-24-11-6-7-16-13(10-11)12-8-9-22-19(18(12)23-16)17-14(20)4-3-5-15(17)21/h3-7,10,19,22-23H,2,8-9H2,1H3. The number of hydrogen-bond donors (Lipinski definition) is 2. The lowest BCUT2D eigenvalue weighted by Crippen LogP contribution is -2.30. The van der Waals surface area contributed by atoms with Gasteiger partial charge in [-0.15, -0.1) is 0 Å². The topological polar surface area (TPSA) is 37.0 Å². The van der Waals surface area contributed by atoms with Gasteiger partial charge >= 0.3 is 0 Å². The smallest absolute Gasteiger partial charge is 0.120 e. The van der Waals surface area contributed by atoms with Crippen molar-refractivity contribution in [2.45, 2.75) is 19.4 Å². The van der Waals surface area contributed by atoms with Crippen molar-refractivity contribution in [1.29, 1.82) is 0 Å². The first kappa shape index (κ1) is 15.8. The number of aromatic nitrogens is 1.